The molecule has 2 aromatic heterocycles. The summed E-state index contributed by atoms with van der Waals surface area (Å²) in [6.07, 6.45) is 6.42. The quantitative estimate of drug-likeness (QED) is 0.833. The molecule has 0 aromatic carbocycles. The van der Waals surface area contributed by atoms with E-state index < -0.39 is 6.10 Å². The van der Waals surface area contributed by atoms with Crippen LogP contribution in [0.5, 0.6) is 0 Å². The van der Waals surface area contributed by atoms with Gasteiger partial charge in [-0.3, -0.25) is 10.1 Å². The van der Waals surface area contributed by atoms with E-state index in [2.05, 4.69) is 15.2 Å². The molecule has 0 fully saturated rings. The van der Waals surface area contributed by atoms with Crippen molar-refractivity contribution in [2.75, 3.05) is 0 Å². The lowest BCUT2D eigenvalue weighted by atomic mass is 10.1. The number of aromatic amines is 1. The summed E-state index contributed by atoms with van der Waals surface area (Å²) in [5.41, 5.74) is 1.66. The Bertz CT molecular complexity index is 430. The fourth-order valence-electron chi connectivity index (χ4n) is 1.35. The Morgan fingerprint density at radius 1 is 1.40 bits per heavy atom. The molecule has 2 aromatic rings. The number of H-pyrrole nitrogens is 1. The first kappa shape index (κ1) is 10.1. The second-order valence-corrected chi connectivity index (χ2v) is 3.70. The summed E-state index contributed by atoms with van der Waals surface area (Å²) in [6, 6.07) is 1.79. The maximum Gasteiger partial charge on any atom is 0.0861 e. The van der Waals surface area contributed by atoms with Gasteiger partial charge in [0.25, 0.3) is 0 Å². The van der Waals surface area contributed by atoms with Crippen LogP contribution in [0.4, 0.5) is 0 Å². The molecule has 2 rings (SSSR count). The third-order valence-corrected chi connectivity index (χ3v) is 2.30. The van der Waals surface area contributed by atoms with E-state index in [0.717, 1.165) is 11.1 Å². The van der Waals surface area contributed by atoms with Crippen LogP contribution in [0.25, 0.3) is 0 Å². The third-order valence-electron chi connectivity index (χ3n) is 2.09. The maximum atomic E-state index is 9.82. The zero-order valence-corrected chi connectivity index (χ0v) is 8.65. The van der Waals surface area contributed by atoms with Crippen molar-refractivity contribution in [2.45, 2.75) is 12.5 Å². The van der Waals surface area contributed by atoms with E-state index in [1.807, 2.05) is 0 Å². The number of aliphatic hydroxyl groups is 1. The first-order chi connectivity index (χ1) is 7.25. The van der Waals surface area contributed by atoms with E-state index >= 15 is 0 Å². The number of aliphatic hydroxyl groups excluding tert-OH is 1. The molecule has 0 saturated carbocycles. The van der Waals surface area contributed by atoms with Crippen molar-refractivity contribution in [2.24, 2.45) is 0 Å². The Morgan fingerprint density at radius 2 is 2.27 bits per heavy atom. The van der Waals surface area contributed by atoms with Gasteiger partial charge in [-0.2, -0.15) is 5.10 Å². The Kier molecular flexibility index (Phi) is 2.99. The molecular formula is C10H10ClN3O. The van der Waals surface area contributed by atoms with Crippen LogP contribution in [-0.2, 0) is 6.42 Å². The Hall–Kier alpha value is -1.39. The SMILES string of the molecule is OC(Cc1cncc(Cl)c1)c1cn[nH]c1. The van der Waals surface area contributed by atoms with Crippen LogP contribution in [0.15, 0.2) is 30.9 Å². The van der Waals surface area contributed by atoms with Crippen molar-refractivity contribution in [3.8, 4) is 0 Å². The summed E-state index contributed by atoms with van der Waals surface area (Å²) >= 11 is 5.79. The van der Waals surface area contributed by atoms with Crippen molar-refractivity contribution in [1.29, 1.82) is 0 Å². The van der Waals surface area contributed by atoms with Crippen LogP contribution in [0, 0.1) is 0 Å². The molecule has 2 heterocycles. The normalized spacial score (nSPS) is 12.7. The number of aromatic nitrogens is 3. The third kappa shape index (κ3) is 2.55. The van der Waals surface area contributed by atoms with Crippen LogP contribution >= 0.6 is 11.6 Å². The first-order valence-corrected chi connectivity index (χ1v) is 4.89. The minimum absolute atomic E-state index is 0.479. The molecule has 1 atom stereocenters. The molecule has 0 saturated heterocycles. The lowest BCUT2D eigenvalue weighted by molar-refractivity contribution is 0.178. The van der Waals surface area contributed by atoms with Crippen LogP contribution < -0.4 is 0 Å². The first-order valence-electron chi connectivity index (χ1n) is 4.52. The summed E-state index contributed by atoms with van der Waals surface area (Å²) in [7, 11) is 0. The van der Waals surface area contributed by atoms with Crippen LogP contribution in [-0.4, -0.2) is 20.3 Å². The van der Waals surface area contributed by atoms with E-state index in [1.165, 1.54) is 0 Å². The van der Waals surface area contributed by atoms with Crippen molar-refractivity contribution in [3.63, 3.8) is 0 Å². The topological polar surface area (TPSA) is 61.8 Å². The van der Waals surface area contributed by atoms with Gasteiger partial charge in [0.15, 0.2) is 0 Å². The number of rotatable bonds is 3. The number of halogens is 1. The van der Waals surface area contributed by atoms with E-state index in [9.17, 15) is 5.11 Å². The van der Waals surface area contributed by atoms with Crippen LogP contribution in [0.2, 0.25) is 5.02 Å². The van der Waals surface area contributed by atoms with Gasteiger partial charge < -0.3 is 5.11 Å². The molecule has 0 aliphatic carbocycles. The number of hydrogen-bond acceptors (Lipinski definition) is 3. The fourth-order valence-corrected chi connectivity index (χ4v) is 1.55. The summed E-state index contributed by atoms with van der Waals surface area (Å²) in [5.74, 6) is 0. The predicted octanol–water partition coefficient (Wildman–Crippen LogP) is 1.73. The lowest BCUT2D eigenvalue weighted by Crippen LogP contribution is -2.00. The van der Waals surface area contributed by atoms with Gasteiger partial charge in [0.2, 0.25) is 0 Å². The average molecular weight is 224 g/mol. The molecule has 0 amide bonds. The van der Waals surface area contributed by atoms with Gasteiger partial charge >= 0.3 is 0 Å². The smallest absolute Gasteiger partial charge is 0.0861 e. The standard InChI is InChI=1S/C10H10ClN3O/c11-9-1-7(3-12-6-9)2-10(15)8-4-13-14-5-8/h1,3-6,10,15H,2H2,(H,13,14). The van der Waals surface area contributed by atoms with Gasteiger partial charge in [0, 0.05) is 30.6 Å². The molecular weight excluding hydrogens is 214 g/mol. The van der Waals surface area contributed by atoms with Crippen LogP contribution in [0.1, 0.15) is 17.2 Å². The number of nitrogens with one attached hydrogen (secondary N) is 1. The van der Waals surface area contributed by atoms with E-state index in [0.29, 0.717) is 11.4 Å². The van der Waals surface area contributed by atoms with E-state index in [1.54, 1.807) is 30.9 Å². The maximum absolute atomic E-state index is 9.82. The minimum Gasteiger partial charge on any atom is -0.388 e. The fraction of sp³-hybridized carbons (Fsp3) is 0.200. The number of hydrogen-bond donors (Lipinski definition) is 2. The zero-order chi connectivity index (χ0) is 10.7. The predicted molar refractivity (Wildman–Crippen MR) is 56.5 cm³/mol. The summed E-state index contributed by atoms with van der Waals surface area (Å²) in [5, 5.41) is 16.8. The molecule has 5 heteroatoms. The molecule has 15 heavy (non-hydrogen) atoms. The van der Waals surface area contributed by atoms with E-state index in [4.69, 9.17) is 11.6 Å². The summed E-state index contributed by atoms with van der Waals surface area (Å²) < 4.78 is 0. The Labute approximate surface area is 91.9 Å². The number of pyridine rings is 1. The van der Waals surface area contributed by atoms with E-state index in [-0.39, 0.29) is 0 Å². The molecule has 0 bridgehead atoms. The highest BCUT2D eigenvalue weighted by Crippen LogP contribution is 2.18. The average Bonchev–Trinajstić information content (AvgIpc) is 2.70. The van der Waals surface area contributed by atoms with Gasteiger partial charge in [0.05, 0.1) is 17.3 Å². The largest absolute Gasteiger partial charge is 0.388 e. The highest BCUT2D eigenvalue weighted by atomic mass is 35.5. The molecule has 78 valence electrons. The highest BCUT2D eigenvalue weighted by molar-refractivity contribution is 6.30. The van der Waals surface area contributed by atoms with Crippen molar-refractivity contribution in [3.05, 3.63) is 47.0 Å². The zero-order valence-electron chi connectivity index (χ0n) is 7.89. The van der Waals surface area contributed by atoms with Crippen molar-refractivity contribution >= 4 is 11.6 Å². The van der Waals surface area contributed by atoms with Crippen molar-refractivity contribution in [1.82, 2.24) is 15.2 Å². The van der Waals surface area contributed by atoms with Crippen LogP contribution in [0.3, 0.4) is 0 Å². The number of nitrogens with zero attached hydrogens (tertiary/aromatic N) is 2. The second-order valence-electron chi connectivity index (χ2n) is 3.26. The molecule has 0 aliphatic heterocycles. The lowest BCUT2D eigenvalue weighted by Gasteiger charge is -2.07. The highest BCUT2D eigenvalue weighted by Gasteiger charge is 2.09. The molecule has 0 spiro atoms. The van der Waals surface area contributed by atoms with Gasteiger partial charge in [-0.25, -0.2) is 0 Å². The van der Waals surface area contributed by atoms with Gasteiger partial charge in [0.1, 0.15) is 0 Å². The van der Waals surface area contributed by atoms with Crippen molar-refractivity contribution < 1.29 is 5.11 Å². The second kappa shape index (κ2) is 4.42. The van der Waals surface area contributed by atoms with Gasteiger partial charge in [-0.05, 0) is 11.6 Å². The molecule has 0 aliphatic rings. The molecule has 4 nitrogen and oxygen atoms in total. The molecule has 1 unspecified atom stereocenters. The van der Waals surface area contributed by atoms with Gasteiger partial charge in [-0.15, -0.1) is 0 Å². The van der Waals surface area contributed by atoms with Gasteiger partial charge in [-0.1, -0.05) is 11.6 Å². The minimum atomic E-state index is -0.580. The summed E-state index contributed by atoms with van der Waals surface area (Å²) in [6.45, 7) is 0. The molecule has 0 radical (unpaired) electrons. The Balaban J connectivity index is 2.09. The molecule has 2 N–H and O–H groups in total. The summed E-state index contributed by atoms with van der Waals surface area (Å²) in [4.78, 5) is 3.95. The monoisotopic (exact) mass is 223 g/mol. The Morgan fingerprint density at radius 3 is 2.93 bits per heavy atom.